The molecule has 0 radical (unpaired) electrons. The van der Waals surface area contributed by atoms with Crippen LogP contribution in [0.15, 0.2) is 24.3 Å². The van der Waals surface area contributed by atoms with Crippen LogP contribution in [0, 0.1) is 5.92 Å². The van der Waals surface area contributed by atoms with Gasteiger partial charge in [-0.15, -0.1) is 0 Å². The minimum absolute atomic E-state index is 0.806. The van der Waals surface area contributed by atoms with Crippen molar-refractivity contribution in [1.29, 1.82) is 0 Å². The average Bonchev–Trinajstić information content (AvgIpc) is 2.99. The van der Waals surface area contributed by atoms with E-state index in [1.165, 1.54) is 57.3 Å². The van der Waals surface area contributed by atoms with Gasteiger partial charge in [-0.25, -0.2) is 0 Å². The molecule has 2 nitrogen and oxygen atoms in total. The van der Waals surface area contributed by atoms with Gasteiger partial charge in [0.25, 0.3) is 0 Å². The van der Waals surface area contributed by atoms with Gasteiger partial charge < -0.3 is 10.2 Å². The molecule has 3 heterocycles. The number of hydrogen-bond acceptors (Lipinski definition) is 2. The van der Waals surface area contributed by atoms with Gasteiger partial charge in [0.2, 0.25) is 0 Å². The second kappa shape index (κ2) is 4.82. The summed E-state index contributed by atoms with van der Waals surface area (Å²) < 4.78 is 0. The number of rotatable bonds is 2. The zero-order chi connectivity index (χ0) is 12.7. The van der Waals surface area contributed by atoms with Crippen molar-refractivity contribution < 1.29 is 0 Å². The first-order valence-electron chi connectivity index (χ1n) is 7.99. The Kier molecular flexibility index (Phi) is 2.99. The summed E-state index contributed by atoms with van der Waals surface area (Å²) in [7, 11) is 0. The molecule has 3 aliphatic rings. The van der Waals surface area contributed by atoms with Crippen LogP contribution in [0.4, 0.5) is 5.69 Å². The van der Waals surface area contributed by atoms with Crippen molar-refractivity contribution in [2.45, 2.75) is 50.6 Å². The van der Waals surface area contributed by atoms with Crippen LogP contribution in [0.5, 0.6) is 0 Å². The number of aryl methyl sites for hydroxylation is 1. The third-order valence-electron chi connectivity index (χ3n) is 5.34. The maximum Gasteiger partial charge on any atom is 0.0398 e. The molecule has 0 spiro atoms. The number of fused-ring (bicyclic) bond motifs is 3. The molecular formula is C17H24N2. The van der Waals surface area contributed by atoms with Crippen LogP contribution in [0.25, 0.3) is 0 Å². The average molecular weight is 256 g/mol. The van der Waals surface area contributed by atoms with Crippen molar-refractivity contribution >= 4 is 5.69 Å². The molecule has 19 heavy (non-hydrogen) atoms. The Hall–Kier alpha value is -1.02. The van der Waals surface area contributed by atoms with E-state index in [1.54, 1.807) is 5.56 Å². The molecule has 3 atom stereocenters. The van der Waals surface area contributed by atoms with E-state index in [0.717, 1.165) is 18.0 Å². The van der Waals surface area contributed by atoms with Crippen LogP contribution in [0.2, 0.25) is 0 Å². The fourth-order valence-electron chi connectivity index (χ4n) is 4.38. The van der Waals surface area contributed by atoms with Crippen LogP contribution in [0.1, 0.15) is 37.7 Å². The van der Waals surface area contributed by atoms with Crippen molar-refractivity contribution in [2.75, 3.05) is 18.0 Å². The molecule has 102 valence electrons. The predicted octanol–water partition coefficient (Wildman–Crippen LogP) is 2.97. The largest absolute Gasteiger partial charge is 0.371 e. The van der Waals surface area contributed by atoms with Gasteiger partial charge in [-0.05, 0) is 56.1 Å². The highest BCUT2D eigenvalue weighted by atomic mass is 15.2. The first kappa shape index (κ1) is 11.8. The molecule has 2 bridgehead atoms. The van der Waals surface area contributed by atoms with Gasteiger partial charge in [0.1, 0.15) is 0 Å². The van der Waals surface area contributed by atoms with E-state index in [2.05, 4.69) is 34.5 Å². The van der Waals surface area contributed by atoms with Crippen LogP contribution >= 0.6 is 0 Å². The zero-order valence-electron chi connectivity index (χ0n) is 11.6. The summed E-state index contributed by atoms with van der Waals surface area (Å²) in [5.41, 5.74) is 3.08. The van der Waals surface area contributed by atoms with Gasteiger partial charge in [-0.2, -0.15) is 0 Å². The lowest BCUT2D eigenvalue weighted by atomic mass is 9.88. The third kappa shape index (κ3) is 2.16. The Morgan fingerprint density at radius 1 is 1.16 bits per heavy atom. The minimum atomic E-state index is 0.806. The minimum Gasteiger partial charge on any atom is -0.371 e. The van der Waals surface area contributed by atoms with Gasteiger partial charge in [-0.3, -0.25) is 0 Å². The van der Waals surface area contributed by atoms with Crippen LogP contribution in [-0.4, -0.2) is 25.2 Å². The maximum atomic E-state index is 3.78. The first-order valence-corrected chi connectivity index (χ1v) is 7.99. The van der Waals surface area contributed by atoms with E-state index in [1.807, 2.05) is 0 Å². The van der Waals surface area contributed by atoms with Gasteiger partial charge in [0, 0.05) is 30.9 Å². The summed E-state index contributed by atoms with van der Waals surface area (Å²) in [4.78, 5) is 2.68. The molecule has 2 heteroatoms. The number of para-hydroxylation sites is 1. The molecule has 1 N–H and O–H groups in total. The van der Waals surface area contributed by atoms with Gasteiger partial charge >= 0.3 is 0 Å². The molecule has 1 aromatic carbocycles. The zero-order valence-corrected chi connectivity index (χ0v) is 11.6. The Morgan fingerprint density at radius 3 is 2.95 bits per heavy atom. The van der Waals surface area contributed by atoms with Crippen LogP contribution in [0.3, 0.4) is 0 Å². The fraction of sp³-hybridized carbons (Fsp3) is 0.647. The van der Waals surface area contributed by atoms with Crippen molar-refractivity contribution in [3.05, 3.63) is 29.8 Å². The second-order valence-electron chi connectivity index (χ2n) is 6.58. The summed E-state index contributed by atoms with van der Waals surface area (Å²) >= 11 is 0. The quantitative estimate of drug-likeness (QED) is 0.875. The highest BCUT2D eigenvalue weighted by Gasteiger charge is 2.39. The van der Waals surface area contributed by atoms with Gasteiger partial charge in [0.15, 0.2) is 0 Å². The van der Waals surface area contributed by atoms with Crippen molar-refractivity contribution in [2.24, 2.45) is 5.92 Å². The van der Waals surface area contributed by atoms with Gasteiger partial charge in [-0.1, -0.05) is 18.2 Å². The smallest absolute Gasteiger partial charge is 0.0398 e. The molecule has 3 unspecified atom stereocenters. The second-order valence-corrected chi connectivity index (χ2v) is 6.58. The Morgan fingerprint density at radius 2 is 2.11 bits per heavy atom. The van der Waals surface area contributed by atoms with E-state index in [4.69, 9.17) is 0 Å². The molecular weight excluding hydrogens is 232 g/mol. The molecule has 4 rings (SSSR count). The molecule has 0 aromatic heterocycles. The molecule has 0 aliphatic carbocycles. The fourth-order valence-corrected chi connectivity index (χ4v) is 4.38. The topological polar surface area (TPSA) is 15.3 Å². The van der Waals surface area contributed by atoms with Crippen LogP contribution < -0.4 is 10.2 Å². The van der Waals surface area contributed by atoms with E-state index in [0.29, 0.717) is 0 Å². The lowest BCUT2D eigenvalue weighted by Crippen LogP contribution is -2.35. The number of nitrogens with zero attached hydrogens (tertiary/aromatic N) is 1. The highest BCUT2D eigenvalue weighted by molar-refractivity contribution is 5.54. The Labute approximate surface area is 116 Å². The summed E-state index contributed by atoms with van der Waals surface area (Å²) in [6, 6.07) is 10.7. The summed E-state index contributed by atoms with van der Waals surface area (Å²) in [5.74, 6) is 0.880. The Bertz CT molecular complexity index is 456. The predicted molar refractivity (Wildman–Crippen MR) is 79.6 cm³/mol. The molecule has 3 aliphatic heterocycles. The van der Waals surface area contributed by atoms with Crippen molar-refractivity contribution in [3.8, 4) is 0 Å². The normalized spacial score (nSPS) is 33.3. The van der Waals surface area contributed by atoms with E-state index in [9.17, 15) is 0 Å². The molecule has 2 saturated heterocycles. The van der Waals surface area contributed by atoms with E-state index < -0.39 is 0 Å². The summed E-state index contributed by atoms with van der Waals surface area (Å²) in [6.07, 6.45) is 8.19. The van der Waals surface area contributed by atoms with Crippen LogP contribution in [-0.2, 0) is 6.42 Å². The summed E-state index contributed by atoms with van der Waals surface area (Å²) in [6.45, 7) is 2.52. The standard InChI is InChI=1S/C17H24N2/c1-2-7-17-13(5-1)6-3-4-10-19(17)12-14-11-15-8-9-16(14)18-15/h1-2,5,7,14-16,18H,3-4,6,8-12H2. The molecule has 1 aromatic rings. The summed E-state index contributed by atoms with van der Waals surface area (Å²) in [5, 5.41) is 3.78. The number of anilines is 1. The van der Waals surface area contributed by atoms with Crippen molar-refractivity contribution in [1.82, 2.24) is 5.32 Å². The highest BCUT2D eigenvalue weighted by Crippen LogP contribution is 2.35. The lowest BCUT2D eigenvalue weighted by molar-refractivity contribution is 0.403. The SMILES string of the molecule is c1ccc2c(c1)CCCCN2CC1CC2CCC1N2. The molecule has 0 saturated carbocycles. The van der Waals surface area contributed by atoms with E-state index >= 15 is 0 Å². The maximum absolute atomic E-state index is 3.78. The third-order valence-corrected chi connectivity index (χ3v) is 5.34. The molecule has 2 fully saturated rings. The first-order chi connectivity index (χ1) is 9.40. The number of nitrogens with one attached hydrogen (secondary N) is 1. The number of benzene rings is 1. The Balaban J connectivity index is 1.54. The van der Waals surface area contributed by atoms with Crippen molar-refractivity contribution in [3.63, 3.8) is 0 Å². The number of hydrogen-bond donors (Lipinski definition) is 1. The molecule has 0 amide bonds. The lowest BCUT2D eigenvalue weighted by Gasteiger charge is -2.31. The van der Waals surface area contributed by atoms with E-state index in [-0.39, 0.29) is 0 Å². The monoisotopic (exact) mass is 256 g/mol. The van der Waals surface area contributed by atoms with Gasteiger partial charge in [0.05, 0.1) is 0 Å².